The Bertz CT molecular complexity index is 736. The Hall–Kier alpha value is -2.12. The summed E-state index contributed by atoms with van der Waals surface area (Å²) in [6, 6.07) is 7.53. The summed E-state index contributed by atoms with van der Waals surface area (Å²) in [5.41, 5.74) is -0.335. The van der Waals surface area contributed by atoms with E-state index in [1.54, 1.807) is 19.2 Å². The zero-order valence-electron chi connectivity index (χ0n) is 13.3. The number of hydrogen-bond acceptors (Lipinski definition) is 6. The van der Waals surface area contributed by atoms with Gasteiger partial charge in [0.25, 0.3) is 0 Å². The standard InChI is InChI=1S/C16H19ClN4O3/c1-18-13(22)9-16(23)6-3-7-21(10-16)15-19-14(20-24-15)11-4-2-5-12(17)8-11/h2,4-5,8,23H,3,6-7,9-10H2,1H3,(H,18,22). The predicted octanol–water partition coefficient (Wildman–Crippen LogP) is 1.86. The Balaban J connectivity index is 1.76. The molecule has 1 unspecified atom stereocenters. The molecule has 2 heterocycles. The number of aliphatic hydroxyl groups is 1. The van der Waals surface area contributed by atoms with E-state index in [4.69, 9.17) is 16.1 Å². The molecule has 1 aromatic heterocycles. The van der Waals surface area contributed by atoms with E-state index >= 15 is 0 Å². The summed E-state index contributed by atoms with van der Waals surface area (Å²) in [4.78, 5) is 17.8. The number of amides is 1. The van der Waals surface area contributed by atoms with Crippen LogP contribution >= 0.6 is 11.6 Å². The summed E-state index contributed by atoms with van der Waals surface area (Å²) in [7, 11) is 1.56. The lowest BCUT2D eigenvalue weighted by Gasteiger charge is -2.37. The summed E-state index contributed by atoms with van der Waals surface area (Å²) < 4.78 is 5.33. The number of halogens is 1. The predicted molar refractivity (Wildman–Crippen MR) is 89.8 cm³/mol. The molecule has 0 saturated carbocycles. The number of hydrogen-bond donors (Lipinski definition) is 2. The van der Waals surface area contributed by atoms with Crippen LogP contribution in [0.15, 0.2) is 28.8 Å². The average Bonchev–Trinajstić information content (AvgIpc) is 3.04. The van der Waals surface area contributed by atoms with Gasteiger partial charge in [0.2, 0.25) is 11.7 Å². The van der Waals surface area contributed by atoms with Crippen LogP contribution in [0, 0.1) is 0 Å². The van der Waals surface area contributed by atoms with Crippen LogP contribution in [-0.2, 0) is 4.79 Å². The third-order valence-corrected chi connectivity index (χ3v) is 4.33. The number of β-amino-alcohol motifs (C(OH)–C–C–N with tert-alkyl or cyclic N) is 1. The monoisotopic (exact) mass is 350 g/mol. The molecule has 24 heavy (non-hydrogen) atoms. The van der Waals surface area contributed by atoms with Crippen LogP contribution in [0.2, 0.25) is 5.02 Å². The van der Waals surface area contributed by atoms with E-state index in [9.17, 15) is 9.90 Å². The number of carbonyl (C=O) groups is 1. The summed E-state index contributed by atoms with van der Waals surface area (Å²) >= 11 is 5.98. The second-order valence-electron chi connectivity index (χ2n) is 6.01. The van der Waals surface area contributed by atoms with Gasteiger partial charge in [-0.2, -0.15) is 4.98 Å². The molecule has 1 fully saturated rings. The number of rotatable bonds is 4. The quantitative estimate of drug-likeness (QED) is 0.874. The molecule has 1 saturated heterocycles. The molecule has 1 atom stereocenters. The molecule has 0 aliphatic carbocycles. The SMILES string of the molecule is CNC(=O)CC1(O)CCCN(c2nc(-c3cccc(Cl)c3)no2)C1. The number of anilines is 1. The molecule has 3 rings (SSSR count). The molecule has 0 bridgehead atoms. The van der Waals surface area contributed by atoms with Gasteiger partial charge in [-0.1, -0.05) is 28.9 Å². The van der Waals surface area contributed by atoms with Crippen LogP contribution in [0.5, 0.6) is 0 Å². The zero-order valence-corrected chi connectivity index (χ0v) is 14.1. The molecule has 128 valence electrons. The first-order valence-electron chi connectivity index (χ1n) is 7.77. The van der Waals surface area contributed by atoms with E-state index in [0.717, 1.165) is 12.0 Å². The number of nitrogens with zero attached hydrogens (tertiary/aromatic N) is 3. The van der Waals surface area contributed by atoms with Crippen molar-refractivity contribution < 1.29 is 14.4 Å². The highest BCUT2D eigenvalue weighted by atomic mass is 35.5. The topological polar surface area (TPSA) is 91.5 Å². The van der Waals surface area contributed by atoms with Gasteiger partial charge in [0, 0.05) is 24.2 Å². The van der Waals surface area contributed by atoms with Gasteiger partial charge in [0.1, 0.15) is 0 Å². The lowest BCUT2D eigenvalue weighted by atomic mass is 9.89. The van der Waals surface area contributed by atoms with Gasteiger partial charge in [-0.05, 0) is 25.0 Å². The van der Waals surface area contributed by atoms with Crippen molar-refractivity contribution in [2.75, 3.05) is 25.0 Å². The highest BCUT2D eigenvalue weighted by molar-refractivity contribution is 6.30. The summed E-state index contributed by atoms with van der Waals surface area (Å²) in [6.45, 7) is 0.963. The number of aromatic nitrogens is 2. The van der Waals surface area contributed by atoms with E-state index in [1.165, 1.54) is 0 Å². The second kappa shape index (κ2) is 6.78. The molecule has 1 aliphatic heterocycles. The normalized spacial score (nSPS) is 20.9. The van der Waals surface area contributed by atoms with Gasteiger partial charge in [-0.3, -0.25) is 4.79 Å². The Morgan fingerprint density at radius 1 is 1.54 bits per heavy atom. The Morgan fingerprint density at radius 3 is 3.12 bits per heavy atom. The van der Waals surface area contributed by atoms with Crippen molar-refractivity contribution in [3.8, 4) is 11.4 Å². The van der Waals surface area contributed by atoms with Gasteiger partial charge < -0.3 is 19.8 Å². The maximum absolute atomic E-state index is 11.6. The minimum atomic E-state index is -1.09. The second-order valence-corrected chi connectivity index (χ2v) is 6.45. The largest absolute Gasteiger partial charge is 0.387 e. The van der Waals surface area contributed by atoms with Gasteiger partial charge >= 0.3 is 6.01 Å². The third kappa shape index (κ3) is 3.68. The summed E-state index contributed by atoms with van der Waals surface area (Å²) in [6.07, 6.45) is 1.35. The van der Waals surface area contributed by atoms with E-state index in [1.807, 2.05) is 17.0 Å². The van der Waals surface area contributed by atoms with E-state index in [0.29, 0.717) is 29.8 Å². The fraction of sp³-hybridized carbons (Fsp3) is 0.438. The van der Waals surface area contributed by atoms with Gasteiger partial charge in [0.05, 0.1) is 18.6 Å². The molecular formula is C16H19ClN4O3. The highest BCUT2D eigenvalue weighted by Gasteiger charge is 2.37. The maximum Gasteiger partial charge on any atom is 0.324 e. The van der Waals surface area contributed by atoms with Crippen LogP contribution in [0.25, 0.3) is 11.4 Å². The molecule has 0 spiro atoms. The van der Waals surface area contributed by atoms with Crippen LogP contribution in [0.3, 0.4) is 0 Å². The summed E-state index contributed by atoms with van der Waals surface area (Å²) in [5, 5.41) is 17.8. The maximum atomic E-state index is 11.6. The van der Waals surface area contributed by atoms with Crippen molar-refractivity contribution in [2.24, 2.45) is 0 Å². The Labute approximate surface area is 144 Å². The van der Waals surface area contributed by atoms with Crippen molar-refractivity contribution >= 4 is 23.5 Å². The number of carbonyl (C=O) groups excluding carboxylic acids is 1. The fourth-order valence-corrected chi connectivity index (χ4v) is 3.09. The number of benzene rings is 1. The molecule has 8 heteroatoms. The Morgan fingerprint density at radius 2 is 2.38 bits per heavy atom. The van der Waals surface area contributed by atoms with Gasteiger partial charge in [-0.15, -0.1) is 0 Å². The van der Waals surface area contributed by atoms with Crippen molar-refractivity contribution in [3.05, 3.63) is 29.3 Å². The fourth-order valence-electron chi connectivity index (χ4n) is 2.90. The lowest BCUT2D eigenvalue weighted by molar-refractivity contribution is -0.126. The van der Waals surface area contributed by atoms with Crippen LogP contribution < -0.4 is 10.2 Å². The highest BCUT2D eigenvalue weighted by Crippen LogP contribution is 2.29. The molecule has 1 amide bonds. The first kappa shape index (κ1) is 16.7. The van der Waals surface area contributed by atoms with Crippen LogP contribution in [-0.4, -0.2) is 46.9 Å². The molecule has 1 aliphatic rings. The Kier molecular flexibility index (Phi) is 4.73. The first-order valence-corrected chi connectivity index (χ1v) is 8.14. The van der Waals surface area contributed by atoms with Crippen molar-refractivity contribution in [1.82, 2.24) is 15.5 Å². The molecule has 7 nitrogen and oxygen atoms in total. The smallest absolute Gasteiger partial charge is 0.324 e. The van der Waals surface area contributed by atoms with Gasteiger partial charge in [0.15, 0.2) is 0 Å². The third-order valence-electron chi connectivity index (χ3n) is 4.09. The van der Waals surface area contributed by atoms with Gasteiger partial charge in [-0.25, -0.2) is 0 Å². The van der Waals surface area contributed by atoms with E-state index in [-0.39, 0.29) is 18.9 Å². The summed E-state index contributed by atoms with van der Waals surface area (Å²) in [5.74, 6) is 0.248. The van der Waals surface area contributed by atoms with Crippen molar-refractivity contribution in [1.29, 1.82) is 0 Å². The zero-order chi connectivity index (χ0) is 17.2. The molecule has 2 N–H and O–H groups in total. The van der Waals surface area contributed by atoms with Crippen molar-refractivity contribution in [2.45, 2.75) is 24.9 Å². The minimum absolute atomic E-state index is 0.0509. The minimum Gasteiger partial charge on any atom is -0.387 e. The molecule has 2 aromatic rings. The molecule has 1 aromatic carbocycles. The van der Waals surface area contributed by atoms with Crippen molar-refractivity contribution in [3.63, 3.8) is 0 Å². The van der Waals surface area contributed by atoms with E-state index in [2.05, 4.69) is 15.5 Å². The number of piperidine rings is 1. The lowest BCUT2D eigenvalue weighted by Crippen LogP contribution is -2.50. The molecular weight excluding hydrogens is 332 g/mol. The van der Waals surface area contributed by atoms with Crippen LogP contribution in [0.1, 0.15) is 19.3 Å². The number of nitrogens with one attached hydrogen (secondary N) is 1. The average molecular weight is 351 g/mol. The first-order chi connectivity index (χ1) is 11.5. The van der Waals surface area contributed by atoms with E-state index < -0.39 is 5.60 Å². The molecule has 0 radical (unpaired) electrons. The van der Waals surface area contributed by atoms with Crippen LogP contribution in [0.4, 0.5) is 6.01 Å².